The Labute approximate surface area is 124 Å². The molecule has 0 saturated carbocycles. The lowest BCUT2D eigenvalue weighted by atomic mass is 10.0. The van der Waals surface area contributed by atoms with Crippen molar-refractivity contribution in [3.8, 4) is 0 Å². The summed E-state index contributed by atoms with van der Waals surface area (Å²) >= 11 is 0. The Hall–Kier alpha value is -2.10. The molecule has 0 amide bonds. The van der Waals surface area contributed by atoms with Gasteiger partial charge in [-0.2, -0.15) is 0 Å². The van der Waals surface area contributed by atoms with Gasteiger partial charge in [0.15, 0.2) is 0 Å². The fourth-order valence-electron chi connectivity index (χ4n) is 3.08. The number of anilines is 1. The third kappa shape index (κ3) is 2.58. The molecular weight excluding hydrogens is 264 g/mol. The first-order valence-electron chi connectivity index (χ1n) is 7.40. The van der Waals surface area contributed by atoms with Gasteiger partial charge in [0.25, 0.3) is 0 Å². The number of esters is 1. The smallest absolute Gasteiger partial charge is 0.310 e. The number of nitrogens with zero attached hydrogens (tertiary/aromatic N) is 2. The number of fused-ring (bicyclic) bond motifs is 1. The highest BCUT2D eigenvalue weighted by molar-refractivity contribution is 5.95. The second kappa shape index (κ2) is 5.72. The van der Waals surface area contributed by atoms with Gasteiger partial charge in [-0.05, 0) is 25.8 Å². The first-order valence-corrected chi connectivity index (χ1v) is 7.40. The van der Waals surface area contributed by atoms with Crippen LogP contribution < -0.4 is 4.90 Å². The average molecular weight is 284 g/mol. The van der Waals surface area contributed by atoms with Crippen LogP contribution in [-0.2, 0) is 16.0 Å². The zero-order valence-corrected chi connectivity index (χ0v) is 12.6. The predicted octanol–water partition coefficient (Wildman–Crippen LogP) is 2.86. The molecule has 1 saturated heterocycles. The van der Waals surface area contributed by atoms with Gasteiger partial charge in [0.2, 0.25) is 0 Å². The number of carbonyl (C=O) groups is 1. The number of benzene rings is 1. The number of aryl methyl sites for hydroxylation is 1. The molecular formula is C17H20N2O2. The van der Waals surface area contributed by atoms with Crippen LogP contribution in [-0.4, -0.2) is 31.2 Å². The Morgan fingerprint density at radius 2 is 2.00 bits per heavy atom. The molecule has 2 aromatic rings. The number of rotatable bonds is 3. The first kappa shape index (κ1) is 13.9. The fraction of sp³-hybridized carbons (Fsp3) is 0.412. The van der Waals surface area contributed by atoms with Crippen LogP contribution in [0.5, 0.6) is 0 Å². The highest BCUT2D eigenvalue weighted by Crippen LogP contribution is 2.34. The van der Waals surface area contributed by atoms with Crippen molar-refractivity contribution in [2.45, 2.75) is 26.2 Å². The van der Waals surface area contributed by atoms with Crippen LogP contribution in [0, 0.1) is 6.92 Å². The molecule has 1 aromatic heterocycles. The lowest BCUT2D eigenvalue weighted by Gasteiger charge is -2.24. The number of para-hydroxylation sites is 1. The van der Waals surface area contributed by atoms with E-state index in [1.54, 1.807) is 0 Å². The second-order valence-corrected chi connectivity index (χ2v) is 5.49. The number of hydrogen-bond acceptors (Lipinski definition) is 4. The Morgan fingerprint density at radius 3 is 2.71 bits per heavy atom. The van der Waals surface area contributed by atoms with E-state index < -0.39 is 0 Å². The summed E-state index contributed by atoms with van der Waals surface area (Å²) in [6.07, 6.45) is 2.69. The molecule has 21 heavy (non-hydrogen) atoms. The zero-order valence-electron chi connectivity index (χ0n) is 12.6. The van der Waals surface area contributed by atoms with Crippen molar-refractivity contribution in [1.29, 1.82) is 0 Å². The third-order valence-electron chi connectivity index (χ3n) is 4.14. The molecule has 0 atom stereocenters. The lowest BCUT2D eigenvalue weighted by Crippen LogP contribution is -2.22. The summed E-state index contributed by atoms with van der Waals surface area (Å²) in [4.78, 5) is 18.8. The van der Waals surface area contributed by atoms with Gasteiger partial charge in [0.05, 0.1) is 24.7 Å². The van der Waals surface area contributed by atoms with Crippen LogP contribution in [0.3, 0.4) is 0 Å². The number of hydrogen-bond donors (Lipinski definition) is 0. The van der Waals surface area contributed by atoms with Crippen LogP contribution in [0.2, 0.25) is 0 Å². The summed E-state index contributed by atoms with van der Waals surface area (Å²) < 4.78 is 4.85. The van der Waals surface area contributed by atoms with E-state index in [9.17, 15) is 4.79 Å². The minimum Gasteiger partial charge on any atom is -0.469 e. The van der Waals surface area contributed by atoms with Crippen LogP contribution in [0.25, 0.3) is 10.9 Å². The average Bonchev–Trinajstić information content (AvgIpc) is 3.01. The van der Waals surface area contributed by atoms with Gasteiger partial charge >= 0.3 is 5.97 Å². The Morgan fingerprint density at radius 1 is 1.29 bits per heavy atom. The first-order chi connectivity index (χ1) is 10.2. The van der Waals surface area contributed by atoms with Crippen LogP contribution in [0.1, 0.15) is 24.1 Å². The predicted molar refractivity (Wildman–Crippen MR) is 83.6 cm³/mol. The quantitative estimate of drug-likeness (QED) is 0.813. The molecule has 1 fully saturated rings. The Balaban J connectivity index is 2.20. The number of aromatic nitrogens is 1. The van der Waals surface area contributed by atoms with Gasteiger partial charge in [0.1, 0.15) is 0 Å². The normalized spacial score (nSPS) is 14.7. The summed E-state index contributed by atoms with van der Waals surface area (Å²) in [6.45, 7) is 4.06. The maximum absolute atomic E-state index is 11.8. The number of carbonyl (C=O) groups excluding carboxylic acids is 1. The molecule has 110 valence electrons. The highest BCUT2D eigenvalue weighted by Gasteiger charge is 2.22. The van der Waals surface area contributed by atoms with Crippen LogP contribution in [0.4, 0.5) is 5.69 Å². The third-order valence-corrected chi connectivity index (χ3v) is 4.14. The van der Waals surface area contributed by atoms with Crippen LogP contribution >= 0.6 is 0 Å². The maximum Gasteiger partial charge on any atom is 0.310 e. The molecule has 1 aliphatic rings. The van der Waals surface area contributed by atoms with E-state index in [0.717, 1.165) is 35.2 Å². The Kier molecular flexibility index (Phi) is 3.78. The molecule has 2 heterocycles. The molecule has 0 unspecified atom stereocenters. The Bertz CT molecular complexity index is 676. The lowest BCUT2D eigenvalue weighted by molar-refractivity contribution is -0.139. The molecule has 0 radical (unpaired) electrons. The minimum atomic E-state index is -0.212. The number of ether oxygens (including phenoxy) is 1. The molecule has 0 aliphatic carbocycles. The van der Waals surface area contributed by atoms with E-state index in [2.05, 4.69) is 16.0 Å². The summed E-state index contributed by atoms with van der Waals surface area (Å²) in [7, 11) is 1.43. The van der Waals surface area contributed by atoms with Crippen molar-refractivity contribution in [2.75, 3.05) is 25.1 Å². The van der Waals surface area contributed by atoms with Gasteiger partial charge in [0, 0.05) is 29.7 Å². The van der Waals surface area contributed by atoms with E-state index in [4.69, 9.17) is 4.74 Å². The van der Waals surface area contributed by atoms with Gasteiger partial charge < -0.3 is 9.64 Å². The van der Waals surface area contributed by atoms with E-state index in [1.807, 2.05) is 25.1 Å². The van der Waals surface area contributed by atoms with Crippen molar-refractivity contribution < 1.29 is 9.53 Å². The van der Waals surface area contributed by atoms with Gasteiger partial charge in [-0.3, -0.25) is 9.78 Å². The molecule has 0 spiro atoms. The summed E-state index contributed by atoms with van der Waals surface area (Å²) in [6, 6.07) is 8.16. The van der Waals surface area contributed by atoms with Gasteiger partial charge in [-0.1, -0.05) is 18.2 Å². The van der Waals surface area contributed by atoms with Crippen molar-refractivity contribution in [1.82, 2.24) is 4.98 Å². The van der Waals surface area contributed by atoms with E-state index >= 15 is 0 Å². The van der Waals surface area contributed by atoms with Crippen molar-refractivity contribution in [3.63, 3.8) is 0 Å². The van der Waals surface area contributed by atoms with Crippen molar-refractivity contribution >= 4 is 22.6 Å². The summed E-state index contributed by atoms with van der Waals surface area (Å²) in [5.41, 5.74) is 4.08. The second-order valence-electron chi connectivity index (χ2n) is 5.49. The topological polar surface area (TPSA) is 42.4 Å². The molecule has 0 N–H and O–H groups in total. The van der Waals surface area contributed by atoms with E-state index in [0.29, 0.717) is 0 Å². The van der Waals surface area contributed by atoms with Crippen LogP contribution in [0.15, 0.2) is 24.3 Å². The molecule has 3 rings (SSSR count). The summed E-state index contributed by atoms with van der Waals surface area (Å²) in [5.74, 6) is -0.212. The minimum absolute atomic E-state index is 0.212. The van der Waals surface area contributed by atoms with Crippen molar-refractivity contribution in [2.24, 2.45) is 0 Å². The zero-order chi connectivity index (χ0) is 14.8. The van der Waals surface area contributed by atoms with E-state index in [-0.39, 0.29) is 12.4 Å². The van der Waals surface area contributed by atoms with Crippen molar-refractivity contribution in [3.05, 3.63) is 35.5 Å². The highest BCUT2D eigenvalue weighted by atomic mass is 16.5. The largest absolute Gasteiger partial charge is 0.469 e. The fourth-order valence-corrected chi connectivity index (χ4v) is 3.08. The van der Waals surface area contributed by atoms with Gasteiger partial charge in [-0.15, -0.1) is 0 Å². The molecule has 1 aromatic carbocycles. The molecule has 1 aliphatic heterocycles. The maximum atomic E-state index is 11.8. The SMILES string of the molecule is COC(=O)Cc1c(C)nc2ccccc2c1N1CCCC1. The molecule has 4 nitrogen and oxygen atoms in total. The molecule has 0 bridgehead atoms. The van der Waals surface area contributed by atoms with E-state index in [1.165, 1.54) is 25.6 Å². The summed E-state index contributed by atoms with van der Waals surface area (Å²) in [5, 5.41) is 1.13. The monoisotopic (exact) mass is 284 g/mol. The number of pyridine rings is 1. The number of methoxy groups -OCH3 is 1. The molecule has 4 heteroatoms. The van der Waals surface area contributed by atoms with Gasteiger partial charge in [-0.25, -0.2) is 0 Å². The standard InChI is InChI=1S/C17H20N2O2/c1-12-14(11-16(20)21-2)17(19-9-5-6-10-19)13-7-3-4-8-15(13)18-12/h3-4,7-8H,5-6,9-11H2,1-2H3.